The van der Waals surface area contributed by atoms with Crippen LogP contribution < -0.4 is 0 Å². The third-order valence-electron chi connectivity index (χ3n) is 3.26. The van der Waals surface area contributed by atoms with E-state index in [1.54, 1.807) is 25.1 Å². The molecule has 1 atom stereocenters. The highest BCUT2D eigenvalue weighted by Crippen LogP contribution is 2.29. The number of aryl methyl sites for hydroxylation is 1. The van der Waals surface area contributed by atoms with Gasteiger partial charge in [-0.05, 0) is 28.9 Å². The van der Waals surface area contributed by atoms with Crippen molar-refractivity contribution in [1.29, 1.82) is 0 Å². The van der Waals surface area contributed by atoms with Crippen LogP contribution in [0.2, 0.25) is 0 Å². The Bertz CT molecular complexity index is 743. The molecule has 0 saturated heterocycles. The molecule has 0 aliphatic heterocycles. The Morgan fingerprint density at radius 1 is 1.38 bits per heavy atom. The molecule has 21 heavy (non-hydrogen) atoms. The van der Waals surface area contributed by atoms with E-state index in [2.05, 4.69) is 26.2 Å². The van der Waals surface area contributed by atoms with E-state index in [4.69, 9.17) is 0 Å². The fourth-order valence-corrected chi connectivity index (χ4v) is 4.32. The van der Waals surface area contributed by atoms with Gasteiger partial charge in [0.15, 0.2) is 4.60 Å². The molecule has 6 nitrogen and oxygen atoms in total. The number of hydrogen-bond acceptors (Lipinski definition) is 4. The summed E-state index contributed by atoms with van der Waals surface area (Å²) in [5.74, 6) is -0.450. The first-order chi connectivity index (χ1) is 9.76. The summed E-state index contributed by atoms with van der Waals surface area (Å²) in [6.45, 7) is 1.62. The molecule has 0 radical (unpaired) electrons. The Morgan fingerprint density at radius 2 is 2.00 bits per heavy atom. The highest BCUT2D eigenvalue weighted by molar-refractivity contribution is 9.10. The van der Waals surface area contributed by atoms with Crippen LogP contribution in [0.1, 0.15) is 18.5 Å². The van der Waals surface area contributed by atoms with E-state index in [0.717, 1.165) is 8.99 Å². The largest absolute Gasteiger partial charge is 0.263 e. The van der Waals surface area contributed by atoms with E-state index in [9.17, 15) is 12.8 Å². The number of halogens is 2. The minimum atomic E-state index is -3.86. The third-order valence-corrected chi connectivity index (χ3v) is 6.08. The quantitative estimate of drug-likeness (QED) is 0.819. The summed E-state index contributed by atoms with van der Waals surface area (Å²) in [6, 6.07) is 5.41. The molecule has 114 valence electrons. The van der Waals surface area contributed by atoms with E-state index in [1.165, 1.54) is 20.2 Å². The van der Waals surface area contributed by atoms with Crippen molar-refractivity contribution in [3.05, 3.63) is 40.2 Å². The summed E-state index contributed by atoms with van der Waals surface area (Å²) in [4.78, 5) is 0. The number of hydrogen-bond donors (Lipinski definition) is 0. The molecule has 0 fully saturated rings. The lowest BCUT2D eigenvalue weighted by atomic mass is 10.1. The maximum absolute atomic E-state index is 13.8. The molecule has 1 heterocycles. The highest BCUT2D eigenvalue weighted by Gasteiger charge is 2.32. The number of nitrogens with zero attached hydrogens (tertiary/aromatic N) is 4. The molecule has 1 aromatic heterocycles. The fraction of sp³-hybridized carbons (Fsp3) is 0.333. The molecule has 2 aromatic rings. The SMILES string of the molecule is CC(c1ccccc1F)N(C)S(=O)(=O)c1c(Br)nnn1C. The molecular formula is C12H14BrFN4O2S. The summed E-state index contributed by atoms with van der Waals surface area (Å²) in [6.07, 6.45) is 0. The number of rotatable bonds is 4. The zero-order valence-corrected chi connectivity index (χ0v) is 14.1. The standard InChI is InChI=1S/C12H14BrFN4O2S/c1-8(9-6-4-5-7-10(9)14)18(3)21(19,20)12-11(13)15-16-17(12)2/h4-8H,1-3H3. The number of aromatic nitrogens is 3. The molecule has 0 spiro atoms. The minimum absolute atomic E-state index is 0.0758. The van der Waals surface area contributed by atoms with Crippen LogP contribution >= 0.6 is 15.9 Å². The maximum Gasteiger partial charge on any atom is 0.263 e. The molecule has 0 saturated carbocycles. The van der Waals surface area contributed by atoms with E-state index in [1.807, 2.05) is 0 Å². The van der Waals surface area contributed by atoms with Gasteiger partial charge in [-0.3, -0.25) is 0 Å². The van der Waals surface area contributed by atoms with Crippen LogP contribution in [0, 0.1) is 5.82 Å². The monoisotopic (exact) mass is 376 g/mol. The molecule has 1 aromatic carbocycles. The van der Waals surface area contributed by atoms with Gasteiger partial charge in [-0.2, -0.15) is 4.31 Å². The van der Waals surface area contributed by atoms with Crippen molar-refractivity contribution in [2.45, 2.75) is 18.0 Å². The van der Waals surface area contributed by atoms with Crippen molar-refractivity contribution in [2.24, 2.45) is 7.05 Å². The molecule has 0 aliphatic rings. The smallest absolute Gasteiger partial charge is 0.235 e. The summed E-state index contributed by atoms with van der Waals surface area (Å²) < 4.78 is 41.5. The molecule has 9 heteroatoms. The van der Waals surface area contributed by atoms with Crippen LogP contribution in [0.4, 0.5) is 4.39 Å². The Hall–Kier alpha value is -1.32. The molecule has 0 bridgehead atoms. The van der Waals surface area contributed by atoms with Gasteiger partial charge < -0.3 is 0 Å². The van der Waals surface area contributed by atoms with Crippen molar-refractivity contribution < 1.29 is 12.8 Å². The Morgan fingerprint density at radius 3 is 2.52 bits per heavy atom. The minimum Gasteiger partial charge on any atom is -0.235 e. The lowest BCUT2D eigenvalue weighted by Gasteiger charge is -2.24. The predicted molar refractivity (Wildman–Crippen MR) is 78.5 cm³/mol. The van der Waals surface area contributed by atoms with E-state index in [-0.39, 0.29) is 9.63 Å². The van der Waals surface area contributed by atoms with Gasteiger partial charge in [0.2, 0.25) is 5.03 Å². The summed E-state index contributed by atoms with van der Waals surface area (Å²) in [7, 11) is -0.990. The van der Waals surface area contributed by atoms with E-state index < -0.39 is 21.9 Å². The summed E-state index contributed by atoms with van der Waals surface area (Å²) in [5.41, 5.74) is 0.301. The molecule has 0 N–H and O–H groups in total. The van der Waals surface area contributed by atoms with Crippen LogP contribution in [0.15, 0.2) is 33.9 Å². The van der Waals surface area contributed by atoms with Crippen molar-refractivity contribution in [3.63, 3.8) is 0 Å². The second-order valence-corrected chi connectivity index (χ2v) is 7.19. The number of benzene rings is 1. The van der Waals surface area contributed by atoms with Crippen LogP contribution in [0.25, 0.3) is 0 Å². The van der Waals surface area contributed by atoms with Crippen molar-refractivity contribution in [2.75, 3.05) is 7.05 Å². The predicted octanol–water partition coefficient (Wildman–Crippen LogP) is 2.10. The van der Waals surface area contributed by atoms with Gasteiger partial charge in [-0.25, -0.2) is 17.5 Å². The second-order valence-electron chi connectivity index (χ2n) is 4.53. The van der Waals surface area contributed by atoms with Gasteiger partial charge >= 0.3 is 0 Å². The topological polar surface area (TPSA) is 68.1 Å². The van der Waals surface area contributed by atoms with Crippen LogP contribution in [0.5, 0.6) is 0 Å². The van der Waals surface area contributed by atoms with Crippen LogP contribution in [-0.4, -0.2) is 34.8 Å². The molecule has 0 amide bonds. The molecular weight excluding hydrogens is 363 g/mol. The summed E-state index contributed by atoms with van der Waals surface area (Å²) in [5, 5.41) is 7.24. The van der Waals surface area contributed by atoms with Gasteiger partial charge in [-0.1, -0.05) is 23.4 Å². The first kappa shape index (κ1) is 16.1. The maximum atomic E-state index is 13.8. The van der Waals surface area contributed by atoms with Crippen molar-refractivity contribution in [3.8, 4) is 0 Å². The van der Waals surface area contributed by atoms with Gasteiger partial charge in [-0.15, -0.1) is 5.10 Å². The second kappa shape index (κ2) is 5.82. The average Bonchev–Trinajstić information content (AvgIpc) is 2.77. The molecule has 1 unspecified atom stereocenters. The molecule has 0 aliphatic carbocycles. The van der Waals surface area contributed by atoms with Crippen LogP contribution in [-0.2, 0) is 17.1 Å². The Labute approximate surface area is 130 Å². The van der Waals surface area contributed by atoms with Crippen molar-refractivity contribution in [1.82, 2.24) is 19.3 Å². The third kappa shape index (κ3) is 2.85. The van der Waals surface area contributed by atoms with Gasteiger partial charge in [0, 0.05) is 25.7 Å². The summed E-state index contributed by atoms with van der Waals surface area (Å²) >= 11 is 3.07. The van der Waals surface area contributed by atoms with E-state index >= 15 is 0 Å². The highest BCUT2D eigenvalue weighted by atomic mass is 79.9. The van der Waals surface area contributed by atoms with Gasteiger partial charge in [0.1, 0.15) is 5.82 Å². The van der Waals surface area contributed by atoms with E-state index in [0.29, 0.717) is 5.56 Å². The zero-order valence-electron chi connectivity index (χ0n) is 11.7. The molecule has 2 rings (SSSR count). The van der Waals surface area contributed by atoms with Gasteiger partial charge in [0.25, 0.3) is 10.0 Å². The zero-order chi connectivity index (χ0) is 15.8. The number of sulfonamides is 1. The van der Waals surface area contributed by atoms with Crippen molar-refractivity contribution >= 4 is 26.0 Å². The lowest BCUT2D eigenvalue weighted by molar-refractivity contribution is 0.383. The average molecular weight is 377 g/mol. The first-order valence-corrected chi connectivity index (χ1v) is 8.27. The fourth-order valence-electron chi connectivity index (χ4n) is 1.95. The lowest BCUT2D eigenvalue weighted by Crippen LogP contribution is -2.31. The van der Waals surface area contributed by atoms with Crippen LogP contribution in [0.3, 0.4) is 0 Å². The normalized spacial score (nSPS) is 13.6. The first-order valence-electron chi connectivity index (χ1n) is 6.04. The van der Waals surface area contributed by atoms with Gasteiger partial charge in [0.05, 0.1) is 0 Å². The Balaban J connectivity index is 2.44. The Kier molecular flexibility index (Phi) is 4.45.